The Balaban J connectivity index is 1.48. The molecule has 7 heteroatoms. The van der Waals surface area contributed by atoms with Crippen LogP contribution in [-0.4, -0.2) is 46.3 Å². The minimum Gasteiger partial charge on any atom is -0.457 e. The molecule has 1 aromatic carbocycles. The second-order valence-corrected chi connectivity index (χ2v) is 5.48. The molecule has 1 fully saturated rings. The Morgan fingerprint density at radius 3 is 2.67 bits per heavy atom. The maximum absolute atomic E-state index is 14.3. The van der Waals surface area contributed by atoms with Gasteiger partial charge >= 0.3 is 12.1 Å². The van der Waals surface area contributed by atoms with Gasteiger partial charge in [-0.1, -0.05) is 30.3 Å². The number of amides is 1. The summed E-state index contributed by atoms with van der Waals surface area (Å²) in [6.07, 6.45) is 0.935. The van der Waals surface area contributed by atoms with Gasteiger partial charge in [-0.25, -0.2) is 19.2 Å². The molecule has 1 saturated heterocycles. The predicted molar refractivity (Wildman–Crippen MR) is 84.2 cm³/mol. The molecule has 1 amide bonds. The van der Waals surface area contributed by atoms with E-state index in [1.807, 2.05) is 30.3 Å². The number of piperidine rings is 1. The largest absolute Gasteiger partial charge is 0.457 e. The van der Waals surface area contributed by atoms with Crippen molar-refractivity contribution in [1.29, 1.82) is 0 Å². The molecule has 0 unspecified atom stereocenters. The number of hydrogen-bond donors (Lipinski definition) is 0. The Kier molecular flexibility index (Phi) is 5.20. The van der Waals surface area contributed by atoms with Crippen LogP contribution in [0, 0.1) is 0 Å². The van der Waals surface area contributed by atoms with Crippen LogP contribution in [0.3, 0.4) is 0 Å². The summed E-state index contributed by atoms with van der Waals surface area (Å²) in [7, 11) is 0. The summed E-state index contributed by atoms with van der Waals surface area (Å²) >= 11 is 0. The molecular formula is C17H18FN3O3. The van der Waals surface area contributed by atoms with Crippen molar-refractivity contribution in [1.82, 2.24) is 14.9 Å². The molecule has 1 aromatic heterocycles. The zero-order chi connectivity index (χ0) is 16.8. The van der Waals surface area contributed by atoms with Crippen molar-refractivity contribution in [2.75, 3.05) is 13.1 Å². The van der Waals surface area contributed by atoms with E-state index in [4.69, 9.17) is 9.47 Å². The standard InChI is InChI=1S/C17H18FN3O3/c18-14-11-21(17(22)23-12-13-5-2-1-3-6-13)10-7-15(14)24-16-19-8-4-9-20-16/h1-6,8-9,14-15H,7,10-12H2/t14-,15+/m1/s1. The Labute approximate surface area is 139 Å². The van der Waals surface area contributed by atoms with Gasteiger partial charge in [-0.15, -0.1) is 0 Å². The molecule has 0 aliphatic carbocycles. The van der Waals surface area contributed by atoms with Gasteiger partial charge in [-0.2, -0.15) is 0 Å². The molecule has 0 bridgehead atoms. The topological polar surface area (TPSA) is 64.5 Å². The van der Waals surface area contributed by atoms with E-state index in [2.05, 4.69) is 9.97 Å². The number of carbonyl (C=O) groups excluding carboxylic acids is 1. The first-order valence-corrected chi connectivity index (χ1v) is 7.76. The smallest absolute Gasteiger partial charge is 0.410 e. The van der Waals surface area contributed by atoms with E-state index in [0.717, 1.165) is 5.56 Å². The third kappa shape index (κ3) is 4.18. The molecule has 2 heterocycles. The fourth-order valence-electron chi connectivity index (χ4n) is 2.47. The Hall–Kier alpha value is -2.70. The van der Waals surface area contributed by atoms with Crippen molar-refractivity contribution in [3.05, 3.63) is 54.4 Å². The van der Waals surface area contributed by atoms with E-state index in [1.165, 1.54) is 17.3 Å². The van der Waals surface area contributed by atoms with Crippen molar-refractivity contribution in [2.24, 2.45) is 0 Å². The van der Waals surface area contributed by atoms with Gasteiger partial charge in [0.1, 0.15) is 12.7 Å². The summed E-state index contributed by atoms with van der Waals surface area (Å²) in [4.78, 5) is 21.3. The van der Waals surface area contributed by atoms with Crippen molar-refractivity contribution in [3.63, 3.8) is 0 Å². The van der Waals surface area contributed by atoms with Gasteiger partial charge < -0.3 is 14.4 Å². The molecule has 126 valence electrons. The number of nitrogens with zero attached hydrogens (tertiary/aromatic N) is 3. The highest BCUT2D eigenvalue weighted by atomic mass is 19.1. The van der Waals surface area contributed by atoms with E-state index in [1.54, 1.807) is 6.07 Å². The Bertz CT molecular complexity index is 657. The number of ether oxygens (including phenoxy) is 2. The summed E-state index contributed by atoms with van der Waals surface area (Å²) in [6, 6.07) is 11.2. The van der Waals surface area contributed by atoms with Gasteiger partial charge in [-0.05, 0) is 11.6 Å². The monoisotopic (exact) mass is 331 g/mol. The zero-order valence-corrected chi connectivity index (χ0v) is 13.0. The van der Waals surface area contributed by atoms with Crippen LogP contribution in [0.5, 0.6) is 6.01 Å². The molecule has 0 N–H and O–H groups in total. The highest BCUT2D eigenvalue weighted by Gasteiger charge is 2.34. The van der Waals surface area contributed by atoms with Gasteiger partial charge in [0.25, 0.3) is 0 Å². The third-order valence-corrected chi connectivity index (χ3v) is 3.74. The molecular weight excluding hydrogens is 313 g/mol. The van der Waals surface area contributed by atoms with E-state index < -0.39 is 18.4 Å². The average molecular weight is 331 g/mol. The first kappa shape index (κ1) is 16.2. The number of aromatic nitrogens is 2. The van der Waals surface area contributed by atoms with Gasteiger partial charge in [0.05, 0.1) is 6.54 Å². The molecule has 0 saturated carbocycles. The minimum atomic E-state index is -1.31. The van der Waals surface area contributed by atoms with Gasteiger partial charge in [-0.3, -0.25) is 0 Å². The quantitative estimate of drug-likeness (QED) is 0.862. The van der Waals surface area contributed by atoms with E-state index in [9.17, 15) is 9.18 Å². The van der Waals surface area contributed by atoms with Crippen LogP contribution in [0.2, 0.25) is 0 Å². The van der Waals surface area contributed by atoms with Crippen molar-refractivity contribution < 1.29 is 18.7 Å². The van der Waals surface area contributed by atoms with Crippen LogP contribution in [0.4, 0.5) is 9.18 Å². The van der Waals surface area contributed by atoms with Crippen LogP contribution in [0.1, 0.15) is 12.0 Å². The fourth-order valence-corrected chi connectivity index (χ4v) is 2.47. The van der Waals surface area contributed by atoms with Crippen molar-refractivity contribution in [3.8, 4) is 6.01 Å². The average Bonchev–Trinajstić information content (AvgIpc) is 2.63. The van der Waals surface area contributed by atoms with E-state index in [-0.39, 0.29) is 19.2 Å². The second-order valence-electron chi connectivity index (χ2n) is 5.48. The number of rotatable bonds is 4. The lowest BCUT2D eigenvalue weighted by Gasteiger charge is -2.33. The SMILES string of the molecule is O=C(OCc1ccccc1)N1CC[C@H](Oc2ncccn2)[C@H](F)C1. The van der Waals surface area contributed by atoms with Crippen LogP contribution < -0.4 is 4.74 Å². The number of carbonyl (C=O) groups is 1. The summed E-state index contributed by atoms with van der Waals surface area (Å²) in [5.41, 5.74) is 0.891. The van der Waals surface area contributed by atoms with Gasteiger partial charge in [0, 0.05) is 25.4 Å². The van der Waals surface area contributed by atoms with Gasteiger partial charge in [0.15, 0.2) is 6.17 Å². The molecule has 24 heavy (non-hydrogen) atoms. The lowest BCUT2D eigenvalue weighted by Crippen LogP contribution is -2.49. The normalized spacial score (nSPS) is 20.5. The molecule has 1 aliphatic heterocycles. The maximum Gasteiger partial charge on any atom is 0.410 e. The Morgan fingerprint density at radius 1 is 1.21 bits per heavy atom. The summed E-state index contributed by atoms with van der Waals surface area (Å²) < 4.78 is 25.0. The lowest BCUT2D eigenvalue weighted by molar-refractivity contribution is 0.0108. The minimum absolute atomic E-state index is 0.0644. The molecule has 0 radical (unpaired) electrons. The molecule has 3 rings (SSSR count). The summed E-state index contributed by atoms with van der Waals surface area (Å²) in [5.74, 6) is 0. The zero-order valence-electron chi connectivity index (χ0n) is 13.0. The highest BCUT2D eigenvalue weighted by Crippen LogP contribution is 2.19. The molecule has 6 nitrogen and oxygen atoms in total. The van der Waals surface area contributed by atoms with Crippen LogP contribution >= 0.6 is 0 Å². The number of halogens is 1. The Morgan fingerprint density at radius 2 is 1.96 bits per heavy atom. The van der Waals surface area contributed by atoms with Crippen LogP contribution in [0.25, 0.3) is 0 Å². The number of alkyl halides is 1. The molecule has 0 spiro atoms. The number of likely N-dealkylation sites (tertiary alicyclic amines) is 1. The first-order chi connectivity index (χ1) is 11.7. The second kappa shape index (κ2) is 7.72. The van der Waals surface area contributed by atoms with E-state index >= 15 is 0 Å². The number of benzene rings is 1. The molecule has 2 aromatic rings. The first-order valence-electron chi connectivity index (χ1n) is 7.76. The van der Waals surface area contributed by atoms with E-state index in [0.29, 0.717) is 13.0 Å². The van der Waals surface area contributed by atoms with Crippen molar-refractivity contribution in [2.45, 2.75) is 25.3 Å². The number of hydrogen-bond acceptors (Lipinski definition) is 5. The summed E-state index contributed by atoms with van der Waals surface area (Å²) in [6.45, 7) is 0.474. The third-order valence-electron chi connectivity index (χ3n) is 3.74. The fraction of sp³-hybridized carbons (Fsp3) is 0.353. The maximum atomic E-state index is 14.3. The molecule has 2 atom stereocenters. The van der Waals surface area contributed by atoms with Crippen molar-refractivity contribution >= 4 is 6.09 Å². The lowest BCUT2D eigenvalue weighted by atomic mass is 10.1. The van der Waals surface area contributed by atoms with Crippen LogP contribution in [0.15, 0.2) is 48.8 Å². The van der Waals surface area contributed by atoms with Gasteiger partial charge in [0.2, 0.25) is 0 Å². The highest BCUT2D eigenvalue weighted by molar-refractivity contribution is 5.67. The predicted octanol–water partition coefficient (Wildman–Crippen LogP) is 2.60. The molecule has 1 aliphatic rings. The van der Waals surface area contributed by atoms with Crippen LogP contribution in [-0.2, 0) is 11.3 Å². The summed E-state index contributed by atoms with van der Waals surface area (Å²) in [5, 5.41) is 0.